The molecule has 0 unspecified atom stereocenters. The van der Waals surface area contributed by atoms with Gasteiger partial charge < -0.3 is 5.11 Å². The van der Waals surface area contributed by atoms with Crippen LogP contribution in [0.2, 0.25) is 10.0 Å². The van der Waals surface area contributed by atoms with Gasteiger partial charge >= 0.3 is 0 Å². The molecule has 0 saturated heterocycles. The molecule has 0 spiro atoms. The van der Waals surface area contributed by atoms with Crippen molar-refractivity contribution in [1.29, 1.82) is 0 Å². The number of rotatable bonds is 4. The average Bonchev–Trinajstić information content (AvgIpc) is 2.40. The highest BCUT2D eigenvalue weighted by Gasteiger charge is 2.17. The minimum Gasteiger partial charge on any atom is -0.392 e. The summed E-state index contributed by atoms with van der Waals surface area (Å²) in [5.74, 6) is 0. The van der Waals surface area contributed by atoms with E-state index in [0.717, 1.165) is 5.56 Å². The Morgan fingerprint density at radius 3 is 2.29 bits per heavy atom. The Bertz CT molecular complexity index is 756. The number of nitrogens with one attached hydrogen (secondary N) is 1. The van der Waals surface area contributed by atoms with Gasteiger partial charge in [-0.05, 0) is 42.3 Å². The summed E-state index contributed by atoms with van der Waals surface area (Å²) in [6.45, 7) is 1.60. The van der Waals surface area contributed by atoms with E-state index in [1.165, 1.54) is 18.2 Å². The number of benzene rings is 2. The molecule has 112 valence electrons. The molecule has 0 aliphatic carbocycles. The van der Waals surface area contributed by atoms with Crippen molar-refractivity contribution in [3.05, 3.63) is 57.6 Å². The molecule has 0 aromatic heterocycles. The van der Waals surface area contributed by atoms with E-state index < -0.39 is 10.0 Å². The highest BCUT2D eigenvalue weighted by molar-refractivity contribution is 7.92. The van der Waals surface area contributed by atoms with Gasteiger partial charge in [0.1, 0.15) is 0 Å². The van der Waals surface area contributed by atoms with Gasteiger partial charge in [0.05, 0.1) is 17.2 Å². The third kappa shape index (κ3) is 3.89. The molecule has 4 nitrogen and oxygen atoms in total. The Kier molecular flexibility index (Phi) is 4.78. The zero-order valence-corrected chi connectivity index (χ0v) is 13.4. The summed E-state index contributed by atoms with van der Waals surface area (Å²) in [7, 11) is -3.81. The summed E-state index contributed by atoms with van der Waals surface area (Å²) < 4.78 is 27.2. The Balaban J connectivity index is 2.41. The number of aliphatic hydroxyl groups is 1. The zero-order valence-electron chi connectivity index (χ0n) is 11.1. The van der Waals surface area contributed by atoms with Crippen LogP contribution in [0, 0.1) is 6.92 Å². The van der Waals surface area contributed by atoms with E-state index in [4.69, 9.17) is 28.3 Å². The summed E-state index contributed by atoms with van der Waals surface area (Å²) in [5.41, 5.74) is 1.75. The Morgan fingerprint density at radius 2 is 1.71 bits per heavy atom. The molecule has 0 heterocycles. The zero-order chi connectivity index (χ0) is 15.6. The van der Waals surface area contributed by atoms with Gasteiger partial charge in [0, 0.05) is 10.0 Å². The van der Waals surface area contributed by atoms with Crippen LogP contribution in [-0.4, -0.2) is 13.5 Å². The predicted molar refractivity (Wildman–Crippen MR) is 84.4 cm³/mol. The minimum atomic E-state index is -3.81. The van der Waals surface area contributed by atoms with E-state index in [2.05, 4.69) is 4.72 Å². The second-order valence-corrected chi connectivity index (χ2v) is 7.07. The van der Waals surface area contributed by atoms with Crippen LogP contribution in [0.5, 0.6) is 0 Å². The van der Waals surface area contributed by atoms with Crippen LogP contribution in [0.3, 0.4) is 0 Å². The number of aliphatic hydroxyl groups excluding tert-OH is 1. The van der Waals surface area contributed by atoms with Gasteiger partial charge in [0.25, 0.3) is 10.0 Å². The fraction of sp³-hybridized carbons (Fsp3) is 0.143. The Hall–Kier alpha value is -1.27. The predicted octanol–water partition coefficient (Wildman–Crippen LogP) is 3.59. The number of hydrogen-bond acceptors (Lipinski definition) is 3. The van der Waals surface area contributed by atoms with Crippen LogP contribution < -0.4 is 4.72 Å². The highest BCUT2D eigenvalue weighted by Crippen LogP contribution is 2.25. The van der Waals surface area contributed by atoms with Crippen molar-refractivity contribution >= 4 is 38.9 Å². The first-order chi connectivity index (χ1) is 9.81. The van der Waals surface area contributed by atoms with Crippen molar-refractivity contribution in [2.24, 2.45) is 0 Å². The first kappa shape index (κ1) is 16.1. The van der Waals surface area contributed by atoms with Crippen molar-refractivity contribution in [2.75, 3.05) is 4.72 Å². The molecule has 0 atom stereocenters. The van der Waals surface area contributed by atoms with Crippen molar-refractivity contribution in [3.8, 4) is 0 Å². The molecular formula is C14H13Cl2NO3S. The lowest BCUT2D eigenvalue weighted by atomic mass is 10.1. The number of aryl methyl sites for hydroxylation is 1. The van der Waals surface area contributed by atoms with Crippen LogP contribution in [0.25, 0.3) is 0 Å². The SMILES string of the molecule is Cc1ccc(CO)cc1NS(=O)(=O)c1cc(Cl)cc(Cl)c1. The third-order valence-electron chi connectivity index (χ3n) is 2.88. The second kappa shape index (κ2) is 6.23. The van der Waals surface area contributed by atoms with Crippen LogP contribution >= 0.6 is 23.2 Å². The second-order valence-electron chi connectivity index (χ2n) is 4.52. The van der Waals surface area contributed by atoms with E-state index in [0.29, 0.717) is 11.3 Å². The first-order valence-electron chi connectivity index (χ1n) is 6.01. The Morgan fingerprint density at radius 1 is 1.10 bits per heavy atom. The molecule has 0 radical (unpaired) electrons. The van der Waals surface area contributed by atoms with Gasteiger partial charge in [-0.15, -0.1) is 0 Å². The monoisotopic (exact) mass is 345 g/mol. The Labute approximate surface area is 133 Å². The van der Waals surface area contributed by atoms with E-state index in [-0.39, 0.29) is 21.5 Å². The van der Waals surface area contributed by atoms with Crippen LogP contribution in [0.1, 0.15) is 11.1 Å². The molecule has 2 N–H and O–H groups in total. The van der Waals surface area contributed by atoms with Crippen molar-refractivity contribution in [3.63, 3.8) is 0 Å². The van der Waals surface area contributed by atoms with Gasteiger partial charge in [0.15, 0.2) is 0 Å². The molecule has 0 fully saturated rings. The molecule has 2 rings (SSSR count). The van der Waals surface area contributed by atoms with Crippen LogP contribution in [0.15, 0.2) is 41.3 Å². The van der Waals surface area contributed by atoms with E-state index in [9.17, 15) is 8.42 Å². The summed E-state index contributed by atoms with van der Waals surface area (Å²) in [6, 6.07) is 9.14. The number of hydrogen-bond donors (Lipinski definition) is 2. The maximum absolute atomic E-state index is 12.4. The van der Waals surface area contributed by atoms with E-state index in [1.54, 1.807) is 25.1 Å². The van der Waals surface area contributed by atoms with Crippen LogP contribution in [-0.2, 0) is 16.6 Å². The maximum atomic E-state index is 12.4. The lowest BCUT2D eigenvalue weighted by Crippen LogP contribution is -2.14. The molecule has 0 saturated carbocycles. The molecule has 7 heteroatoms. The molecule has 0 aliphatic rings. The van der Waals surface area contributed by atoms with Gasteiger partial charge in [-0.3, -0.25) is 4.72 Å². The molecule has 0 bridgehead atoms. The van der Waals surface area contributed by atoms with Crippen LogP contribution in [0.4, 0.5) is 5.69 Å². The minimum absolute atomic E-state index is 0.0196. The average molecular weight is 346 g/mol. The topological polar surface area (TPSA) is 66.4 Å². The maximum Gasteiger partial charge on any atom is 0.262 e. The smallest absolute Gasteiger partial charge is 0.262 e. The fourth-order valence-electron chi connectivity index (χ4n) is 1.76. The molecule has 2 aromatic rings. The fourth-order valence-corrected chi connectivity index (χ4v) is 3.61. The highest BCUT2D eigenvalue weighted by atomic mass is 35.5. The lowest BCUT2D eigenvalue weighted by Gasteiger charge is -2.12. The van der Waals surface area contributed by atoms with Crippen molar-refractivity contribution < 1.29 is 13.5 Å². The van der Waals surface area contributed by atoms with Gasteiger partial charge in [-0.1, -0.05) is 35.3 Å². The van der Waals surface area contributed by atoms with E-state index >= 15 is 0 Å². The number of halogens is 2. The molecule has 21 heavy (non-hydrogen) atoms. The quantitative estimate of drug-likeness (QED) is 0.889. The number of anilines is 1. The summed E-state index contributed by atoms with van der Waals surface area (Å²) in [5, 5.41) is 9.61. The summed E-state index contributed by atoms with van der Waals surface area (Å²) in [4.78, 5) is -0.0196. The van der Waals surface area contributed by atoms with Gasteiger partial charge in [-0.2, -0.15) is 0 Å². The van der Waals surface area contributed by atoms with Crippen molar-refractivity contribution in [1.82, 2.24) is 0 Å². The number of sulfonamides is 1. The summed E-state index contributed by atoms with van der Waals surface area (Å²) >= 11 is 11.7. The first-order valence-corrected chi connectivity index (χ1v) is 8.25. The molecular weight excluding hydrogens is 333 g/mol. The van der Waals surface area contributed by atoms with Gasteiger partial charge in [0.2, 0.25) is 0 Å². The standard InChI is InChI=1S/C14H13Cl2NO3S/c1-9-2-3-10(8-18)4-14(9)17-21(19,20)13-6-11(15)5-12(16)7-13/h2-7,17-18H,8H2,1H3. The normalized spacial score (nSPS) is 11.4. The van der Waals surface area contributed by atoms with Crippen molar-refractivity contribution in [2.45, 2.75) is 18.4 Å². The largest absolute Gasteiger partial charge is 0.392 e. The third-order valence-corrected chi connectivity index (χ3v) is 4.66. The lowest BCUT2D eigenvalue weighted by molar-refractivity contribution is 0.282. The molecule has 2 aromatic carbocycles. The molecule has 0 amide bonds. The molecule has 0 aliphatic heterocycles. The van der Waals surface area contributed by atoms with E-state index in [1.807, 2.05) is 0 Å². The summed E-state index contributed by atoms with van der Waals surface area (Å²) in [6.07, 6.45) is 0. The van der Waals surface area contributed by atoms with Gasteiger partial charge in [-0.25, -0.2) is 8.42 Å².